The van der Waals surface area contributed by atoms with Crippen molar-refractivity contribution in [2.45, 2.75) is 4.90 Å². The van der Waals surface area contributed by atoms with Crippen molar-refractivity contribution in [1.29, 1.82) is 0 Å². The largest absolute Gasteiger partial charge is 0.453 e. The van der Waals surface area contributed by atoms with E-state index in [2.05, 4.69) is 4.40 Å². The number of nitrogens with zero attached hydrogens (tertiary/aromatic N) is 1. The van der Waals surface area contributed by atoms with E-state index >= 15 is 0 Å². The fourth-order valence-electron chi connectivity index (χ4n) is 1.49. The standard InChI is InChI=1S/C13H8FNO4S/c14-10-5-1-2-6-11(10)19-12-7-3-4-8-13(12)20(17,18)15-9-16/h1-8H. The lowest BCUT2D eigenvalue weighted by Gasteiger charge is -2.09. The van der Waals surface area contributed by atoms with Crippen molar-refractivity contribution in [1.82, 2.24) is 0 Å². The van der Waals surface area contributed by atoms with Crippen LogP contribution < -0.4 is 4.74 Å². The van der Waals surface area contributed by atoms with E-state index < -0.39 is 15.8 Å². The van der Waals surface area contributed by atoms with Gasteiger partial charge in [0.15, 0.2) is 11.6 Å². The van der Waals surface area contributed by atoms with Crippen LogP contribution in [0, 0.1) is 5.82 Å². The van der Waals surface area contributed by atoms with Crippen LogP contribution in [0.1, 0.15) is 0 Å². The number of rotatable bonds is 4. The van der Waals surface area contributed by atoms with Crippen LogP contribution in [0.4, 0.5) is 4.39 Å². The molecule has 2 rings (SSSR count). The van der Waals surface area contributed by atoms with Crippen LogP contribution >= 0.6 is 0 Å². The van der Waals surface area contributed by atoms with Gasteiger partial charge in [-0.1, -0.05) is 28.7 Å². The molecule has 7 heteroatoms. The summed E-state index contributed by atoms with van der Waals surface area (Å²) in [6.07, 6.45) is 0.966. The van der Waals surface area contributed by atoms with Gasteiger partial charge < -0.3 is 4.74 Å². The molecule has 0 aliphatic heterocycles. The third kappa shape index (κ3) is 2.90. The molecule has 102 valence electrons. The Bertz CT molecular complexity index is 782. The zero-order valence-corrected chi connectivity index (χ0v) is 10.8. The Morgan fingerprint density at radius 2 is 1.60 bits per heavy atom. The maximum atomic E-state index is 13.5. The van der Waals surface area contributed by atoms with E-state index in [-0.39, 0.29) is 16.4 Å². The summed E-state index contributed by atoms with van der Waals surface area (Å²) < 4.78 is 44.9. The average molecular weight is 293 g/mol. The number of carbonyl (C=O) groups excluding carboxylic acids is 1. The molecule has 0 bridgehead atoms. The highest BCUT2D eigenvalue weighted by Gasteiger charge is 2.19. The summed E-state index contributed by atoms with van der Waals surface area (Å²) in [7, 11) is -4.22. The van der Waals surface area contributed by atoms with E-state index in [1.807, 2.05) is 0 Å². The van der Waals surface area contributed by atoms with Gasteiger partial charge in [0.05, 0.1) is 0 Å². The predicted molar refractivity (Wildman–Crippen MR) is 68.2 cm³/mol. The number of ether oxygens (including phenoxy) is 1. The number of benzene rings is 2. The second kappa shape index (κ2) is 5.64. The highest BCUT2D eigenvalue weighted by molar-refractivity contribution is 7.90. The molecule has 0 saturated heterocycles. The molecule has 0 spiro atoms. The topological polar surface area (TPSA) is 72.8 Å². The number of hydrogen-bond donors (Lipinski definition) is 0. The van der Waals surface area contributed by atoms with Gasteiger partial charge in [0.1, 0.15) is 10.6 Å². The van der Waals surface area contributed by atoms with Crippen LogP contribution in [-0.2, 0) is 14.8 Å². The average Bonchev–Trinajstić information content (AvgIpc) is 2.42. The van der Waals surface area contributed by atoms with Crippen molar-refractivity contribution in [3.63, 3.8) is 0 Å². The van der Waals surface area contributed by atoms with Crippen LogP contribution in [0.5, 0.6) is 11.5 Å². The molecule has 0 saturated carbocycles. The van der Waals surface area contributed by atoms with Crippen molar-refractivity contribution >= 4 is 16.1 Å². The molecular formula is C13H8FNO4S. The second-order valence-electron chi connectivity index (χ2n) is 3.64. The van der Waals surface area contributed by atoms with Crippen molar-refractivity contribution in [2.75, 3.05) is 0 Å². The summed E-state index contributed by atoms with van der Waals surface area (Å²) >= 11 is 0. The van der Waals surface area contributed by atoms with Crippen LogP contribution in [0.25, 0.3) is 0 Å². The van der Waals surface area contributed by atoms with Crippen LogP contribution in [-0.4, -0.2) is 14.5 Å². The third-order valence-corrected chi connectivity index (χ3v) is 3.55. The first-order chi connectivity index (χ1) is 9.54. The maximum Gasteiger partial charge on any atom is 0.296 e. The monoisotopic (exact) mass is 293 g/mol. The quantitative estimate of drug-likeness (QED) is 0.641. The first-order valence-corrected chi connectivity index (χ1v) is 6.84. The molecular weight excluding hydrogens is 285 g/mol. The lowest BCUT2D eigenvalue weighted by atomic mass is 10.3. The van der Waals surface area contributed by atoms with Crippen molar-refractivity contribution in [3.05, 3.63) is 54.3 Å². The first kappa shape index (κ1) is 13.9. The zero-order chi connectivity index (χ0) is 14.6. The lowest BCUT2D eigenvalue weighted by Crippen LogP contribution is -2.00. The Hall–Kier alpha value is -2.50. The summed E-state index contributed by atoms with van der Waals surface area (Å²) in [6, 6.07) is 11.0. The van der Waals surface area contributed by atoms with Crippen molar-refractivity contribution in [3.8, 4) is 11.5 Å². The number of para-hydroxylation sites is 2. The lowest BCUT2D eigenvalue weighted by molar-refractivity contribution is 0.431. The fourth-order valence-corrected chi connectivity index (χ4v) is 2.30. The van der Waals surface area contributed by atoms with Gasteiger partial charge in [-0.05, 0) is 24.3 Å². The molecule has 0 aliphatic rings. The van der Waals surface area contributed by atoms with Gasteiger partial charge in [-0.2, -0.15) is 8.42 Å². The Kier molecular flexibility index (Phi) is 3.93. The highest BCUT2D eigenvalue weighted by Crippen LogP contribution is 2.30. The van der Waals surface area contributed by atoms with Crippen LogP contribution in [0.3, 0.4) is 0 Å². The molecule has 2 aromatic rings. The minimum Gasteiger partial charge on any atom is -0.453 e. The summed E-state index contributed by atoms with van der Waals surface area (Å²) in [4.78, 5) is 9.80. The summed E-state index contributed by atoms with van der Waals surface area (Å²) in [5.41, 5.74) is 0. The second-order valence-corrected chi connectivity index (χ2v) is 5.21. The zero-order valence-electron chi connectivity index (χ0n) is 9.99. The SMILES string of the molecule is O=C=NS(=O)(=O)c1ccccc1Oc1ccccc1F. The maximum absolute atomic E-state index is 13.5. The van der Waals surface area contributed by atoms with Gasteiger partial charge in [-0.15, -0.1) is 0 Å². The molecule has 0 atom stereocenters. The predicted octanol–water partition coefficient (Wildman–Crippen LogP) is 2.64. The molecule has 2 aromatic carbocycles. The molecule has 0 N–H and O–H groups in total. The summed E-state index contributed by atoms with van der Waals surface area (Å²) in [5.74, 6) is -0.902. The third-order valence-electron chi connectivity index (χ3n) is 2.34. The van der Waals surface area contributed by atoms with E-state index in [1.54, 1.807) is 6.07 Å². The Morgan fingerprint density at radius 3 is 2.25 bits per heavy atom. The van der Waals surface area contributed by atoms with Gasteiger partial charge in [0.25, 0.3) is 16.1 Å². The number of sulfonamides is 1. The van der Waals surface area contributed by atoms with E-state index in [4.69, 9.17) is 4.74 Å². The van der Waals surface area contributed by atoms with Crippen LogP contribution in [0.15, 0.2) is 57.8 Å². The molecule has 0 aromatic heterocycles. The van der Waals surface area contributed by atoms with E-state index in [0.717, 1.165) is 6.08 Å². The molecule has 0 unspecified atom stereocenters. The van der Waals surface area contributed by atoms with E-state index in [1.165, 1.54) is 42.5 Å². The van der Waals surface area contributed by atoms with Gasteiger partial charge >= 0.3 is 0 Å². The molecule has 5 nitrogen and oxygen atoms in total. The number of isocyanates is 1. The molecule has 20 heavy (non-hydrogen) atoms. The Morgan fingerprint density at radius 1 is 1.00 bits per heavy atom. The van der Waals surface area contributed by atoms with Gasteiger partial charge in [-0.3, -0.25) is 0 Å². The first-order valence-electron chi connectivity index (χ1n) is 5.40. The van der Waals surface area contributed by atoms with Gasteiger partial charge in [0.2, 0.25) is 0 Å². The molecule has 0 radical (unpaired) electrons. The normalized spacial score (nSPS) is 10.7. The molecule has 0 fully saturated rings. The van der Waals surface area contributed by atoms with E-state index in [0.29, 0.717) is 0 Å². The summed E-state index contributed by atoms with van der Waals surface area (Å²) in [5, 5.41) is 0. The van der Waals surface area contributed by atoms with Gasteiger partial charge in [-0.25, -0.2) is 9.18 Å². The smallest absolute Gasteiger partial charge is 0.296 e. The summed E-state index contributed by atoms with van der Waals surface area (Å²) in [6.45, 7) is 0. The number of halogens is 1. The molecule has 0 amide bonds. The Labute approximate surface area is 114 Å². The highest BCUT2D eigenvalue weighted by atomic mass is 32.2. The molecule has 0 heterocycles. The van der Waals surface area contributed by atoms with Crippen LogP contribution in [0.2, 0.25) is 0 Å². The van der Waals surface area contributed by atoms with Crippen molar-refractivity contribution in [2.24, 2.45) is 4.40 Å². The minimum atomic E-state index is -4.22. The van der Waals surface area contributed by atoms with Crippen molar-refractivity contribution < 1.29 is 22.3 Å². The number of hydrogen-bond acceptors (Lipinski definition) is 4. The van der Waals surface area contributed by atoms with Gasteiger partial charge in [0, 0.05) is 0 Å². The molecule has 0 aliphatic carbocycles. The van der Waals surface area contributed by atoms with E-state index in [9.17, 15) is 17.6 Å². The Balaban J connectivity index is 2.49. The minimum absolute atomic E-state index is 0.128. The fraction of sp³-hybridized carbons (Fsp3) is 0.